The molecule has 2 heterocycles. The van der Waals surface area contributed by atoms with Gasteiger partial charge in [0.15, 0.2) is 0 Å². The van der Waals surface area contributed by atoms with E-state index in [2.05, 4.69) is 27.1 Å². The highest BCUT2D eigenvalue weighted by Crippen LogP contribution is 2.35. The maximum atomic E-state index is 12.9. The minimum absolute atomic E-state index is 0.130. The van der Waals surface area contributed by atoms with Crippen LogP contribution in [-0.4, -0.2) is 23.1 Å². The van der Waals surface area contributed by atoms with E-state index in [1.807, 2.05) is 13.0 Å². The lowest BCUT2D eigenvalue weighted by atomic mass is 9.99. The fourth-order valence-corrected chi connectivity index (χ4v) is 3.09. The molecule has 0 radical (unpaired) electrons. The number of aryl methyl sites for hydroxylation is 1. The van der Waals surface area contributed by atoms with Gasteiger partial charge in [-0.2, -0.15) is 18.2 Å². The zero-order valence-corrected chi connectivity index (χ0v) is 15.3. The molecular weight excluding hydrogens is 365 g/mol. The molecule has 8 heteroatoms. The number of halogens is 4. The van der Waals surface area contributed by atoms with E-state index in [1.54, 1.807) is 0 Å². The van der Waals surface area contributed by atoms with Crippen LogP contribution in [0.25, 0.3) is 0 Å². The van der Waals surface area contributed by atoms with Crippen LogP contribution in [0.4, 0.5) is 30.6 Å². The monoisotopic (exact) mass is 384 g/mol. The van der Waals surface area contributed by atoms with Crippen LogP contribution in [-0.2, 0) is 6.18 Å². The molecule has 0 aliphatic carbocycles. The van der Waals surface area contributed by atoms with Crippen LogP contribution in [0.2, 0.25) is 5.02 Å². The Bertz CT molecular complexity index is 786. The molecule has 1 N–H and O–H groups in total. The highest BCUT2D eigenvalue weighted by atomic mass is 35.5. The van der Waals surface area contributed by atoms with E-state index in [0.29, 0.717) is 5.92 Å². The van der Waals surface area contributed by atoms with Gasteiger partial charge in [-0.1, -0.05) is 18.5 Å². The van der Waals surface area contributed by atoms with Gasteiger partial charge < -0.3 is 10.2 Å². The number of hydrogen-bond donors (Lipinski definition) is 1. The lowest BCUT2D eigenvalue weighted by molar-refractivity contribution is -0.137. The number of rotatable bonds is 3. The standard InChI is InChI=1S/C18H20ClF3N4/c1-11-5-7-26(8-6-11)16-9-12(2)23-17(25-16)24-15-10-13(18(20,21)22)3-4-14(15)19/h3-4,9-11H,5-8H2,1-2H3,(H,23,24,25). The van der Waals surface area contributed by atoms with Crippen LogP contribution in [0.3, 0.4) is 0 Å². The molecule has 1 aliphatic rings. The highest BCUT2D eigenvalue weighted by Gasteiger charge is 2.31. The van der Waals surface area contributed by atoms with Crippen LogP contribution in [0.1, 0.15) is 31.0 Å². The van der Waals surface area contributed by atoms with E-state index in [0.717, 1.165) is 49.6 Å². The summed E-state index contributed by atoms with van der Waals surface area (Å²) >= 11 is 6.04. The van der Waals surface area contributed by atoms with Crippen molar-refractivity contribution in [2.24, 2.45) is 5.92 Å². The van der Waals surface area contributed by atoms with Crippen LogP contribution < -0.4 is 10.2 Å². The molecule has 0 unspecified atom stereocenters. The SMILES string of the molecule is Cc1cc(N2CCC(C)CC2)nc(Nc2cc(C(F)(F)F)ccc2Cl)n1. The average Bonchev–Trinajstić information content (AvgIpc) is 2.56. The predicted octanol–water partition coefficient (Wildman–Crippen LogP) is 5.44. The quantitative estimate of drug-likeness (QED) is 0.765. The molecule has 1 saturated heterocycles. The minimum Gasteiger partial charge on any atom is -0.356 e. The van der Waals surface area contributed by atoms with Crippen LogP contribution >= 0.6 is 11.6 Å². The molecule has 1 aromatic carbocycles. The van der Waals surface area contributed by atoms with Crippen molar-refractivity contribution in [3.8, 4) is 0 Å². The Hall–Kier alpha value is -2.02. The van der Waals surface area contributed by atoms with E-state index < -0.39 is 11.7 Å². The van der Waals surface area contributed by atoms with Crippen molar-refractivity contribution in [2.75, 3.05) is 23.3 Å². The molecule has 3 rings (SSSR count). The van der Waals surface area contributed by atoms with Crippen LogP contribution in [0.15, 0.2) is 24.3 Å². The molecule has 2 aromatic rings. The van der Waals surface area contributed by atoms with Crippen molar-refractivity contribution >= 4 is 29.1 Å². The van der Waals surface area contributed by atoms with Gasteiger partial charge in [0, 0.05) is 24.8 Å². The number of nitrogens with zero attached hydrogens (tertiary/aromatic N) is 3. The van der Waals surface area contributed by atoms with Gasteiger partial charge in [-0.05, 0) is 43.9 Å². The summed E-state index contributed by atoms with van der Waals surface area (Å²) in [5, 5.41) is 3.01. The number of hydrogen-bond acceptors (Lipinski definition) is 4. The van der Waals surface area contributed by atoms with Crippen molar-refractivity contribution in [1.29, 1.82) is 0 Å². The van der Waals surface area contributed by atoms with Crippen LogP contribution in [0, 0.1) is 12.8 Å². The summed E-state index contributed by atoms with van der Waals surface area (Å²) in [5.41, 5.74) is 0.0897. The Kier molecular flexibility index (Phi) is 5.27. The van der Waals surface area contributed by atoms with Gasteiger partial charge in [0.25, 0.3) is 0 Å². The van der Waals surface area contributed by atoms with Crippen LogP contribution in [0.5, 0.6) is 0 Å². The van der Waals surface area contributed by atoms with Crippen molar-refractivity contribution < 1.29 is 13.2 Å². The van der Waals surface area contributed by atoms with Gasteiger partial charge in [0.05, 0.1) is 16.3 Å². The van der Waals surface area contributed by atoms with E-state index in [4.69, 9.17) is 11.6 Å². The van der Waals surface area contributed by atoms with Gasteiger partial charge in [0.2, 0.25) is 5.95 Å². The van der Waals surface area contributed by atoms with Gasteiger partial charge in [-0.3, -0.25) is 0 Å². The summed E-state index contributed by atoms with van der Waals surface area (Å²) < 4.78 is 38.8. The summed E-state index contributed by atoms with van der Waals surface area (Å²) in [6, 6.07) is 5.02. The number of aromatic nitrogens is 2. The summed E-state index contributed by atoms with van der Waals surface area (Å²) in [6.07, 6.45) is -2.26. The Balaban J connectivity index is 1.86. The molecule has 1 fully saturated rings. The zero-order valence-electron chi connectivity index (χ0n) is 14.6. The zero-order chi connectivity index (χ0) is 18.9. The summed E-state index contributed by atoms with van der Waals surface area (Å²) in [4.78, 5) is 10.9. The number of piperidine rings is 1. The van der Waals surface area contributed by atoms with E-state index in [-0.39, 0.29) is 16.7 Å². The normalized spacial score (nSPS) is 16.0. The molecule has 1 aliphatic heterocycles. The second-order valence-corrected chi connectivity index (χ2v) is 7.09. The van der Waals surface area contributed by atoms with Gasteiger partial charge in [-0.15, -0.1) is 0 Å². The largest absolute Gasteiger partial charge is 0.416 e. The van der Waals surface area contributed by atoms with Gasteiger partial charge >= 0.3 is 6.18 Å². The fraction of sp³-hybridized carbons (Fsp3) is 0.444. The molecule has 0 amide bonds. The number of anilines is 3. The Labute approximate surface area is 155 Å². The Morgan fingerprint density at radius 3 is 2.50 bits per heavy atom. The second-order valence-electron chi connectivity index (χ2n) is 6.68. The number of nitrogens with one attached hydrogen (secondary N) is 1. The second kappa shape index (κ2) is 7.31. The van der Waals surface area contributed by atoms with Crippen molar-refractivity contribution in [2.45, 2.75) is 32.9 Å². The molecule has 26 heavy (non-hydrogen) atoms. The molecule has 1 aromatic heterocycles. The summed E-state index contributed by atoms with van der Waals surface area (Å²) in [6.45, 7) is 5.87. The lowest BCUT2D eigenvalue weighted by Gasteiger charge is -2.31. The first-order valence-electron chi connectivity index (χ1n) is 8.47. The maximum Gasteiger partial charge on any atom is 0.416 e. The summed E-state index contributed by atoms with van der Waals surface area (Å²) in [7, 11) is 0. The first-order valence-corrected chi connectivity index (χ1v) is 8.84. The Morgan fingerprint density at radius 2 is 1.85 bits per heavy atom. The Morgan fingerprint density at radius 1 is 1.15 bits per heavy atom. The number of alkyl halides is 3. The van der Waals surface area contributed by atoms with E-state index in [9.17, 15) is 13.2 Å². The smallest absolute Gasteiger partial charge is 0.356 e. The summed E-state index contributed by atoms with van der Waals surface area (Å²) in [5.74, 6) is 1.70. The topological polar surface area (TPSA) is 41.1 Å². The molecule has 0 spiro atoms. The highest BCUT2D eigenvalue weighted by molar-refractivity contribution is 6.33. The molecule has 0 saturated carbocycles. The third-order valence-corrected chi connectivity index (χ3v) is 4.82. The first kappa shape index (κ1) is 18.8. The third-order valence-electron chi connectivity index (χ3n) is 4.49. The third kappa shape index (κ3) is 4.38. The molecule has 0 bridgehead atoms. The van der Waals surface area contributed by atoms with Gasteiger partial charge in [-0.25, -0.2) is 4.98 Å². The molecule has 140 valence electrons. The first-order chi connectivity index (χ1) is 12.2. The van der Waals surface area contributed by atoms with Crippen molar-refractivity contribution in [3.63, 3.8) is 0 Å². The predicted molar refractivity (Wildman–Crippen MR) is 97.1 cm³/mol. The van der Waals surface area contributed by atoms with Crippen molar-refractivity contribution in [1.82, 2.24) is 9.97 Å². The lowest BCUT2D eigenvalue weighted by Crippen LogP contribution is -2.33. The molecule has 0 atom stereocenters. The number of benzene rings is 1. The molecule has 4 nitrogen and oxygen atoms in total. The fourth-order valence-electron chi connectivity index (χ4n) is 2.93. The maximum absolute atomic E-state index is 12.9. The van der Waals surface area contributed by atoms with Crippen molar-refractivity contribution in [3.05, 3.63) is 40.5 Å². The van der Waals surface area contributed by atoms with E-state index >= 15 is 0 Å². The van der Waals surface area contributed by atoms with Gasteiger partial charge in [0.1, 0.15) is 5.82 Å². The average molecular weight is 385 g/mol. The minimum atomic E-state index is -4.44. The van der Waals surface area contributed by atoms with E-state index in [1.165, 1.54) is 6.07 Å². The molecular formula is C18H20ClF3N4.